The number of benzene rings is 2. The van der Waals surface area contributed by atoms with Crippen LogP contribution in [0.25, 0.3) is 0 Å². The van der Waals surface area contributed by atoms with Crippen LogP contribution in [-0.4, -0.2) is 25.7 Å². The summed E-state index contributed by atoms with van der Waals surface area (Å²) in [5.41, 5.74) is 1.41. The predicted molar refractivity (Wildman–Crippen MR) is 103 cm³/mol. The third-order valence-corrected chi connectivity index (χ3v) is 4.67. The second-order valence-corrected chi connectivity index (χ2v) is 6.77. The largest absolute Gasteiger partial charge is 0.493 e. The van der Waals surface area contributed by atoms with Crippen molar-refractivity contribution < 1.29 is 19.0 Å². The van der Waals surface area contributed by atoms with Gasteiger partial charge in [0.2, 0.25) is 0 Å². The first-order valence-electron chi connectivity index (χ1n) is 8.62. The molecule has 1 amide bonds. The molecular weight excluding hydrogens is 412 g/mol. The summed E-state index contributed by atoms with van der Waals surface area (Å²) < 4.78 is 17.4. The second-order valence-electron chi connectivity index (χ2n) is 5.91. The Morgan fingerprint density at radius 2 is 2.19 bits per heavy atom. The van der Waals surface area contributed by atoms with Gasteiger partial charge in [-0.15, -0.1) is 0 Å². The number of nitrogens with zero attached hydrogens (tertiary/aromatic N) is 1. The smallest absolute Gasteiger partial charge is 0.258 e. The van der Waals surface area contributed by atoms with Crippen molar-refractivity contribution in [2.75, 3.05) is 19.8 Å². The number of rotatable bonds is 6. The number of nitriles is 1. The fourth-order valence-electron chi connectivity index (χ4n) is 2.90. The number of fused-ring (bicyclic) bond motifs is 1. The first-order valence-corrected chi connectivity index (χ1v) is 9.42. The standard InChI is InChI=1S/C20H19BrN2O4/c1-2-25-18-10-13(11-22)9-15(21)20(18)27-12-19(24)23-16-7-8-26-17-6-4-3-5-14(16)17/h3-6,9-10,16H,2,7-8,12H2,1H3,(H,23,24). The van der Waals surface area contributed by atoms with Crippen LogP contribution >= 0.6 is 15.9 Å². The molecule has 0 aliphatic carbocycles. The van der Waals surface area contributed by atoms with E-state index in [0.29, 0.717) is 41.2 Å². The molecule has 27 heavy (non-hydrogen) atoms. The van der Waals surface area contributed by atoms with Crippen molar-refractivity contribution >= 4 is 21.8 Å². The van der Waals surface area contributed by atoms with Gasteiger partial charge in [0.25, 0.3) is 5.91 Å². The molecular formula is C20H19BrN2O4. The van der Waals surface area contributed by atoms with Gasteiger partial charge >= 0.3 is 0 Å². The number of carbonyl (C=O) groups is 1. The molecule has 0 saturated carbocycles. The molecule has 7 heteroatoms. The van der Waals surface area contributed by atoms with E-state index in [-0.39, 0.29) is 18.6 Å². The summed E-state index contributed by atoms with van der Waals surface area (Å²) in [6, 6.07) is 12.9. The van der Waals surface area contributed by atoms with Crippen molar-refractivity contribution in [3.8, 4) is 23.3 Å². The van der Waals surface area contributed by atoms with E-state index in [1.807, 2.05) is 31.2 Å². The monoisotopic (exact) mass is 430 g/mol. The van der Waals surface area contributed by atoms with Gasteiger partial charge < -0.3 is 19.5 Å². The van der Waals surface area contributed by atoms with Crippen molar-refractivity contribution in [2.24, 2.45) is 0 Å². The minimum absolute atomic E-state index is 0.109. The molecule has 2 aromatic rings. The Balaban J connectivity index is 1.68. The number of para-hydroxylation sites is 1. The maximum absolute atomic E-state index is 12.4. The van der Waals surface area contributed by atoms with Gasteiger partial charge in [-0.3, -0.25) is 4.79 Å². The van der Waals surface area contributed by atoms with Gasteiger partial charge in [-0.2, -0.15) is 5.26 Å². The summed E-state index contributed by atoms with van der Waals surface area (Å²) in [5.74, 6) is 1.38. The lowest BCUT2D eigenvalue weighted by Gasteiger charge is -2.26. The van der Waals surface area contributed by atoms with E-state index in [4.69, 9.17) is 19.5 Å². The average Bonchev–Trinajstić information content (AvgIpc) is 2.67. The Morgan fingerprint density at radius 3 is 2.96 bits per heavy atom. The SMILES string of the molecule is CCOc1cc(C#N)cc(Br)c1OCC(=O)NC1CCOc2ccccc21. The van der Waals surface area contributed by atoms with Crippen molar-refractivity contribution in [1.82, 2.24) is 5.32 Å². The van der Waals surface area contributed by atoms with E-state index in [1.54, 1.807) is 12.1 Å². The Kier molecular flexibility index (Phi) is 6.20. The third-order valence-electron chi connectivity index (χ3n) is 4.08. The van der Waals surface area contributed by atoms with Crippen LogP contribution in [0.1, 0.15) is 30.5 Å². The predicted octanol–water partition coefficient (Wildman–Crippen LogP) is 3.74. The molecule has 0 radical (unpaired) electrons. The first kappa shape index (κ1) is 19.1. The highest BCUT2D eigenvalue weighted by Crippen LogP contribution is 2.37. The second kappa shape index (κ2) is 8.78. The van der Waals surface area contributed by atoms with Crippen LogP contribution in [-0.2, 0) is 4.79 Å². The molecule has 1 atom stereocenters. The van der Waals surface area contributed by atoms with E-state index in [0.717, 1.165) is 11.3 Å². The highest BCUT2D eigenvalue weighted by Gasteiger charge is 2.23. The lowest BCUT2D eigenvalue weighted by molar-refractivity contribution is -0.124. The highest BCUT2D eigenvalue weighted by atomic mass is 79.9. The van der Waals surface area contributed by atoms with Gasteiger partial charge in [-0.1, -0.05) is 18.2 Å². The van der Waals surface area contributed by atoms with E-state index >= 15 is 0 Å². The zero-order chi connectivity index (χ0) is 19.2. The Labute approximate surface area is 166 Å². The van der Waals surface area contributed by atoms with E-state index in [2.05, 4.69) is 27.3 Å². The third kappa shape index (κ3) is 4.52. The molecule has 0 saturated heterocycles. The Hall–Kier alpha value is -2.72. The van der Waals surface area contributed by atoms with Crippen LogP contribution in [0.5, 0.6) is 17.2 Å². The number of halogens is 1. The number of hydrogen-bond acceptors (Lipinski definition) is 5. The highest BCUT2D eigenvalue weighted by molar-refractivity contribution is 9.10. The number of carbonyl (C=O) groups excluding carboxylic acids is 1. The quantitative estimate of drug-likeness (QED) is 0.754. The van der Waals surface area contributed by atoms with Crippen LogP contribution in [0, 0.1) is 11.3 Å². The van der Waals surface area contributed by atoms with E-state index < -0.39 is 0 Å². The molecule has 140 valence electrons. The maximum Gasteiger partial charge on any atom is 0.258 e. The van der Waals surface area contributed by atoms with E-state index in [1.165, 1.54) is 0 Å². The fourth-order valence-corrected chi connectivity index (χ4v) is 3.46. The molecule has 1 aliphatic heterocycles. The maximum atomic E-state index is 12.4. The van der Waals surface area contributed by atoms with Crippen LogP contribution in [0.2, 0.25) is 0 Å². The molecule has 1 N–H and O–H groups in total. The molecule has 1 unspecified atom stereocenters. The molecule has 0 spiro atoms. The minimum atomic E-state index is -0.240. The van der Waals surface area contributed by atoms with Gasteiger partial charge in [0.15, 0.2) is 18.1 Å². The average molecular weight is 431 g/mol. The molecule has 0 aromatic heterocycles. The van der Waals surface area contributed by atoms with Gasteiger partial charge in [-0.05, 0) is 35.0 Å². The van der Waals surface area contributed by atoms with Crippen LogP contribution in [0.3, 0.4) is 0 Å². The van der Waals surface area contributed by atoms with Crippen LogP contribution < -0.4 is 19.5 Å². The molecule has 6 nitrogen and oxygen atoms in total. The summed E-state index contributed by atoms with van der Waals surface area (Å²) in [6.07, 6.45) is 0.702. The zero-order valence-corrected chi connectivity index (χ0v) is 16.4. The van der Waals surface area contributed by atoms with Crippen LogP contribution in [0.4, 0.5) is 0 Å². The Bertz CT molecular complexity index is 879. The van der Waals surface area contributed by atoms with Gasteiger partial charge in [0.1, 0.15) is 5.75 Å². The van der Waals surface area contributed by atoms with Gasteiger partial charge in [0.05, 0.1) is 35.4 Å². The van der Waals surface area contributed by atoms with Crippen molar-refractivity contribution in [3.05, 3.63) is 52.0 Å². The lowest BCUT2D eigenvalue weighted by Crippen LogP contribution is -2.35. The van der Waals surface area contributed by atoms with Crippen molar-refractivity contribution in [2.45, 2.75) is 19.4 Å². The molecule has 0 fully saturated rings. The van der Waals surface area contributed by atoms with E-state index in [9.17, 15) is 4.79 Å². The summed E-state index contributed by atoms with van der Waals surface area (Å²) >= 11 is 3.37. The fraction of sp³-hybridized carbons (Fsp3) is 0.300. The van der Waals surface area contributed by atoms with Gasteiger partial charge in [0, 0.05) is 18.1 Å². The topological polar surface area (TPSA) is 80.6 Å². The van der Waals surface area contributed by atoms with Gasteiger partial charge in [-0.25, -0.2) is 0 Å². The Morgan fingerprint density at radius 1 is 1.37 bits per heavy atom. The number of hydrogen-bond donors (Lipinski definition) is 1. The first-order chi connectivity index (χ1) is 13.1. The van der Waals surface area contributed by atoms with Crippen LogP contribution in [0.15, 0.2) is 40.9 Å². The molecule has 3 rings (SSSR count). The molecule has 2 aromatic carbocycles. The summed E-state index contributed by atoms with van der Waals surface area (Å²) in [7, 11) is 0. The summed E-state index contributed by atoms with van der Waals surface area (Å²) in [4.78, 5) is 12.4. The van der Waals surface area contributed by atoms with Crippen molar-refractivity contribution in [3.63, 3.8) is 0 Å². The molecule has 1 heterocycles. The summed E-state index contributed by atoms with van der Waals surface area (Å²) in [5, 5.41) is 12.1. The zero-order valence-electron chi connectivity index (χ0n) is 14.8. The molecule has 1 aliphatic rings. The number of ether oxygens (including phenoxy) is 3. The minimum Gasteiger partial charge on any atom is -0.493 e. The summed E-state index contributed by atoms with van der Waals surface area (Å²) in [6.45, 7) is 2.65. The molecule has 0 bridgehead atoms. The number of amides is 1. The number of nitrogens with one attached hydrogen (secondary N) is 1. The normalized spacial score (nSPS) is 15.1. The van der Waals surface area contributed by atoms with Crippen molar-refractivity contribution in [1.29, 1.82) is 5.26 Å². The lowest BCUT2D eigenvalue weighted by atomic mass is 10.0.